The van der Waals surface area contributed by atoms with Crippen LogP contribution in [0.3, 0.4) is 0 Å². The zero-order chi connectivity index (χ0) is 22.0. The van der Waals surface area contributed by atoms with Crippen LogP contribution in [0.1, 0.15) is 37.7 Å². The molecule has 1 amide bonds. The monoisotopic (exact) mass is 460 g/mol. The fraction of sp³-hybridized carbons (Fsp3) is 0.364. The van der Waals surface area contributed by atoms with E-state index in [-0.39, 0.29) is 17.2 Å². The minimum Gasteiger partial charge on any atom is -0.326 e. The minimum atomic E-state index is -4.00. The van der Waals surface area contributed by atoms with E-state index in [4.69, 9.17) is 16.7 Å². The summed E-state index contributed by atoms with van der Waals surface area (Å²) in [5.41, 5.74) is 1.70. The molecule has 0 unspecified atom stereocenters. The lowest BCUT2D eigenvalue weighted by Gasteiger charge is -2.21. The summed E-state index contributed by atoms with van der Waals surface area (Å²) in [6.45, 7) is 0.713. The fourth-order valence-corrected chi connectivity index (χ4v) is 5.19. The molecule has 2 aromatic carbocycles. The Balaban J connectivity index is 1.65. The predicted octanol–water partition coefficient (Wildman–Crippen LogP) is 4.10. The Morgan fingerprint density at radius 3 is 2.65 bits per heavy atom. The number of amides is 1. The van der Waals surface area contributed by atoms with Crippen LogP contribution in [0, 0.1) is 5.92 Å². The molecule has 3 aromatic rings. The molecule has 1 saturated carbocycles. The van der Waals surface area contributed by atoms with Gasteiger partial charge in [0.1, 0.15) is 0 Å². The third-order valence-electron chi connectivity index (χ3n) is 5.78. The molecule has 0 atom stereocenters. The normalized spacial score (nSPS) is 15.3. The van der Waals surface area contributed by atoms with Gasteiger partial charge in [0.25, 0.3) is 0 Å². The Kier molecular flexibility index (Phi) is 6.31. The number of aromatic nitrogens is 2. The topological polar surface area (TPSA) is 107 Å². The van der Waals surface area contributed by atoms with E-state index in [9.17, 15) is 13.2 Å². The van der Waals surface area contributed by atoms with Gasteiger partial charge in [0.15, 0.2) is 0 Å². The Labute approximate surface area is 186 Å². The number of halogens is 1. The van der Waals surface area contributed by atoms with Crippen LogP contribution in [0.2, 0.25) is 5.02 Å². The first-order chi connectivity index (χ1) is 14.8. The Morgan fingerprint density at radius 2 is 1.94 bits per heavy atom. The summed E-state index contributed by atoms with van der Waals surface area (Å²) in [5, 5.41) is 13.6. The third-order valence-corrected chi connectivity index (χ3v) is 7.10. The number of nitrogens with one attached hydrogen (secondary N) is 1. The van der Waals surface area contributed by atoms with Gasteiger partial charge in [-0.05, 0) is 42.5 Å². The van der Waals surface area contributed by atoms with Crippen molar-refractivity contribution in [2.75, 3.05) is 5.32 Å². The number of primary sulfonamides is 1. The standard InChI is InChI=1S/C22H25ClN4O3S/c23-19-9-5-4-8-16(19)10-22(28)26-17-11-20-18(21(12-17)31(24,29)30)13-25-27(20)14-15-6-2-1-3-7-15/h4-5,8-9,11-13,15H,1-3,6-7,10,14H2,(H,26,28)(H2,24,29,30). The van der Waals surface area contributed by atoms with Crippen LogP contribution in [0.25, 0.3) is 10.9 Å². The maximum atomic E-state index is 12.6. The van der Waals surface area contributed by atoms with Gasteiger partial charge in [-0.25, -0.2) is 13.6 Å². The lowest BCUT2D eigenvalue weighted by atomic mass is 9.89. The van der Waals surface area contributed by atoms with Gasteiger partial charge < -0.3 is 5.32 Å². The molecule has 1 aliphatic rings. The van der Waals surface area contributed by atoms with Crippen LogP contribution in [0.15, 0.2) is 47.5 Å². The number of sulfonamides is 1. The number of hydrogen-bond donors (Lipinski definition) is 2. The Morgan fingerprint density at radius 1 is 1.19 bits per heavy atom. The number of carbonyl (C=O) groups is 1. The molecule has 1 fully saturated rings. The lowest BCUT2D eigenvalue weighted by Crippen LogP contribution is -2.17. The predicted molar refractivity (Wildman–Crippen MR) is 121 cm³/mol. The van der Waals surface area contributed by atoms with Crippen LogP contribution in [0.4, 0.5) is 5.69 Å². The van der Waals surface area contributed by atoms with E-state index in [0.29, 0.717) is 39.6 Å². The first kappa shape index (κ1) is 21.8. The van der Waals surface area contributed by atoms with E-state index in [1.807, 2.05) is 10.7 Å². The highest BCUT2D eigenvalue weighted by molar-refractivity contribution is 7.89. The summed E-state index contributed by atoms with van der Waals surface area (Å²) in [7, 11) is -4.00. The summed E-state index contributed by atoms with van der Waals surface area (Å²) in [4.78, 5) is 12.6. The maximum absolute atomic E-state index is 12.6. The number of rotatable bonds is 6. The van der Waals surface area contributed by atoms with Gasteiger partial charge in [0.05, 0.1) is 23.0 Å². The molecule has 0 radical (unpaired) electrons. The van der Waals surface area contributed by atoms with E-state index in [1.165, 1.54) is 31.5 Å². The highest BCUT2D eigenvalue weighted by Gasteiger charge is 2.21. The second-order valence-corrected chi connectivity index (χ2v) is 10.0. The summed E-state index contributed by atoms with van der Waals surface area (Å²) >= 11 is 6.15. The fourth-order valence-electron chi connectivity index (χ4n) is 4.23. The molecule has 3 N–H and O–H groups in total. The maximum Gasteiger partial charge on any atom is 0.238 e. The van der Waals surface area contributed by atoms with Crippen molar-refractivity contribution in [1.29, 1.82) is 0 Å². The molecule has 7 nitrogen and oxygen atoms in total. The molecular formula is C22H25ClN4O3S. The molecule has 1 aromatic heterocycles. The zero-order valence-electron chi connectivity index (χ0n) is 17.1. The van der Waals surface area contributed by atoms with Crippen molar-refractivity contribution in [3.8, 4) is 0 Å². The van der Waals surface area contributed by atoms with Gasteiger partial charge >= 0.3 is 0 Å². The smallest absolute Gasteiger partial charge is 0.238 e. The number of nitrogens with zero attached hydrogens (tertiary/aromatic N) is 2. The lowest BCUT2D eigenvalue weighted by molar-refractivity contribution is -0.115. The van der Waals surface area contributed by atoms with Crippen LogP contribution in [-0.4, -0.2) is 24.1 Å². The summed E-state index contributed by atoms with van der Waals surface area (Å²) in [6, 6.07) is 10.2. The van der Waals surface area contributed by atoms with Gasteiger partial charge in [-0.15, -0.1) is 0 Å². The second-order valence-electron chi connectivity index (χ2n) is 8.10. The van der Waals surface area contributed by atoms with Crippen molar-refractivity contribution < 1.29 is 13.2 Å². The number of nitrogens with two attached hydrogens (primary N) is 1. The number of hydrogen-bond acceptors (Lipinski definition) is 4. The Hall–Kier alpha value is -2.42. The minimum absolute atomic E-state index is 0.0482. The summed E-state index contributed by atoms with van der Waals surface area (Å²) in [5.74, 6) is 0.208. The van der Waals surface area contributed by atoms with Gasteiger partial charge in [0.2, 0.25) is 15.9 Å². The third kappa shape index (κ3) is 5.08. The molecule has 0 spiro atoms. The van der Waals surface area contributed by atoms with E-state index < -0.39 is 10.0 Å². The second kappa shape index (κ2) is 8.98. The van der Waals surface area contributed by atoms with Crippen molar-refractivity contribution in [2.24, 2.45) is 11.1 Å². The zero-order valence-corrected chi connectivity index (χ0v) is 18.6. The molecule has 9 heteroatoms. The number of fused-ring (bicyclic) bond motifs is 1. The van der Waals surface area contributed by atoms with E-state index in [1.54, 1.807) is 24.3 Å². The van der Waals surface area contributed by atoms with Gasteiger partial charge in [-0.3, -0.25) is 9.48 Å². The largest absolute Gasteiger partial charge is 0.326 e. The van der Waals surface area contributed by atoms with Crippen molar-refractivity contribution in [2.45, 2.75) is 50.0 Å². The summed E-state index contributed by atoms with van der Waals surface area (Å²) in [6.07, 6.45) is 7.55. The number of benzene rings is 2. The molecule has 1 aliphatic carbocycles. The first-order valence-corrected chi connectivity index (χ1v) is 12.3. The SMILES string of the molecule is NS(=O)(=O)c1cc(NC(=O)Cc2ccccc2Cl)cc2c1cnn2CC1CCCCC1. The van der Waals surface area contributed by atoms with Crippen LogP contribution < -0.4 is 10.5 Å². The van der Waals surface area contributed by atoms with E-state index >= 15 is 0 Å². The molecule has 0 aliphatic heterocycles. The van der Waals surface area contributed by atoms with Crippen LogP contribution in [0.5, 0.6) is 0 Å². The van der Waals surface area contributed by atoms with Crippen LogP contribution >= 0.6 is 11.6 Å². The van der Waals surface area contributed by atoms with Crippen molar-refractivity contribution in [3.63, 3.8) is 0 Å². The summed E-state index contributed by atoms with van der Waals surface area (Å²) < 4.78 is 26.3. The van der Waals surface area contributed by atoms with E-state index in [2.05, 4.69) is 10.4 Å². The quantitative estimate of drug-likeness (QED) is 0.577. The van der Waals surface area contributed by atoms with Gasteiger partial charge in [-0.1, -0.05) is 49.1 Å². The van der Waals surface area contributed by atoms with Crippen molar-refractivity contribution >= 4 is 44.1 Å². The highest BCUT2D eigenvalue weighted by atomic mass is 35.5. The van der Waals surface area contributed by atoms with Crippen LogP contribution in [-0.2, 0) is 27.8 Å². The molecule has 0 saturated heterocycles. The molecular weight excluding hydrogens is 436 g/mol. The van der Waals surface area contributed by atoms with Crippen molar-refractivity contribution in [1.82, 2.24) is 9.78 Å². The number of anilines is 1. The Bertz CT molecular complexity index is 1220. The number of carbonyl (C=O) groups excluding carboxylic acids is 1. The molecule has 164 valence electrons. The van der Waals surface area contributed by atoms with E-state index in [0.717, 1.165) is 12.8 Å². The van der Waals surface area contributed by atoms with Gasteiger partial charge in [-0.2, -0.15) is 5.10 Å². The molecule has 0 bridgehead atoms. The van der Waals surface area contributed by atoms with Crippen molar-refractivity contribution in [3.05, 3.63) is 53.2 Å². The van der Waals surface area contributed by atoms with Gasteiger partial charge in [0, 0.05) is 22.6 Å². The molecule has 4 rings (SSSR count). The molecule has 1 heterocycles. The average molecular weight is 461 g/mol. The first-order valence-electron chi connectivity index (χ1n) is 10.4. The molecule has 31 heavy (non-hydrogen) atoms. The highest BCUT2D eigenvalue weighted by Crippen LogP contribution is 2.30. The average Bonchev–Trinajstić information content (AvgIpc) is 3.12.